The van der Waals surface area contributed by atoms with E-state index in [1.165, 1.54) is 0 Å². The molecule has 0 atom stereocenters. The number of hydrogen-bond donors (Lipinski definition) is 0. The maximum absolute atomic E-state index is 12.8. The standard InChI is InChI=1S/C7H12F2O5S/c1-3-4-6(10)14-5-7(8,9)15(11,12)13-2/h3-5H2,1-2H3. The summed E-state index contributed by atoms with van der Waals surface area (Å²) in [6.45, 7) is 0.132. The minimum absolute atomic E-state index is 0.0386. The topological polar surface area (TPSA) is 69.7 Å². The van der Waals surface area contributed by atoms with E-state index >= 15 is 0 Å². The summed E-state index contributed by atoms with van der Waals surface area (Å²) in [5.41, 5.74) is 0. The van der Waals surface area contributed by atoms with E-state index in [2.05, 4.69) is 8.92 Å². The second-order valence-electron chi connectivity index (χ2n) is 2.67. The fourth-order valence-corrected chi connectivity index (χ4v) is 1.08. The van der Waals surface area contributed by atoms with Crippen molar-refractivity contribution in [3.05, 3.63) is 0 Å². The Hall–Kier alpha value is -0.760. The van der Waals surface area contributed by atoms with Gasteiger partial charge in [-0.05, 0) is 6.42 Å². The Morgan fingerprint density at radius 1 is 1.40 bits per heavy atom. The second kappa shape index (κ2) is 5.36. The van der Waals surface area contributed by atoms with E-state index in [0.29, 0.717) is 13.5 Å². The average molecular weight is 246 g/mol. The van der Waals surface area contributed by atoms with Gasteiger partial charge in [0.2, 0.25) is 0 Å². The highest BCUT2D eigenvalue weighted by Crippen LogP contribution is 2.23. The van der Waals surface area contributed by atoms with Gasteiger partial charge in [0.1, 0.15) is 0 Å². The van der Waals surface area contributed by atoms with Gasteiger partial charge in [0.15, 0.2) is 6.61 Å². The van der Waals surface area contributed by atoms with Gasteiger partial charge in [0, 0.05) is 6.42 Å². The third-order valence-electron chi connectivity index (χ3n) is 1.44. The molecule has 0 aliphatic rings. The van der Waals surface area contributed by atoms with Gasteiger partial charge in [0.05, 0.1) is 7.11 Å². The van der Waals surface area contributed by atoms with Crippen molar-refractivity contribution in [2.24, 2.45) is 0 Å². The molecule has 5 nitrogen and oxygen atoms in total. The molecule has 0 aliphatic carbocycles. The Balaban J connectivity index is 4.34. The minimum Gasteiger partial charge on any atom is -0.458 e. The van der Waals surface area contributed by atoms with Gasteiger partial charge in [-0.3, -0.25) is 8.98 Å². The van der Waals surface area contributed by atoms with Crippen molar-refractivity contribution >= 4 is 16.1 Å². The first-order valence-electron chi connectivity index (χ1n) is 4.10. The molecule has 15 heavy (non-hydrogen) atoms. The fraction of sp³-hybridized carbons (Fsp3) is 0.857. The van der Waals surface area contributed by atoms with Crippen molar-refractivity contribution in [2.45, 2.75) is 25.0 Å². The fourth-order valence-electron chi connectivity index (χ4n) is 0.635. The Morgan fingerprint density at radius 3 is 2.33 bits per heavy atom. The Morgan fingerprint density at radius 2 is 1.93 bits per heavy atom. The molecule has 8 heteroatoms. The van der Waals surface area contributed by atoms with E-state index in [4.69, 9.17) is 0 Å². The number of esters is 1. The maximum atomic E-state index is 12.8. The predicted octanol–water partition coefficient (Wildman–Crippen LogP) is 0.899. The molecule has 0 saturated carbocycles. The molecule has 0 N–H and O–H groups in total. The zero-order valence-corrected chi connectivity index (χ0v) is 9.14. The number of carbonyl (C=O) groups is 1. The third-order valence-corrected chi connectivity index (χ3v) is 2.73. The monoisotopic (exact) mass is 246 g/mol. The molecule has 0 fully saturated rings. The summed E-state index contributed by atoms with van der Waals surface area (Å²) in [6, 6.07) is 0. The molecule has 0 aliphatic heterocycles. The van der Waals surface area contributed by atoms with Gasteiger partial charge in [-0.15, -0.1) is 0 Å². The molecule has 0 aromatic heterocycles. The van der Waals surface area contributed by atoms with Crippen LogP contribution in [0.15, 0.2) is 0 Å². The summed E-state index contributed by atoms with van der Waals surface area (Å²) >= 11 is 0. The van der Waals surface area contributed by atoms with Crippen molar-refractivity contribution in [3.63, 3.8) is 0 Å². The highest BCUT2D eigenvalue weighted by atomic mass is 32.2. The number of rotatable bonds is 6. The first-order valence-corrected chi connectivity index (χ1v) is 5.51. The van der Waals surface area contributed by atoms with E-state index < -0.39 is 27.9 Å². The zero-order chi connectivity index (χ0) is 12.1. The van der Waals surface area contributed by atoms with Gasteiger partial charge in [-0.25, -0.2) is 0 Å². The molecule has 0 radical (unpaired) electrons. The summed E-state index contributed by atoms with van der Waals surface area (Å²) in [6.07, 6.45) is 0.393. The van der Waals surface area contributed by atoms with Crippen LogP contribution in [-0.2, 0) is 23.8 Å². The molecule has 90 valence electrons. The van der Waals surface area contributed by atoms with E-state index in [-0.39, 0.29) is 6.42 Å². The quantitative estimate of drug-likeness (QED) is 0.514. The number of ether oxygens (including phenoxy) is 1. The normalized spacial score (nSPS) is 12.5. The number of halogens is 2. The van der Waals surface area contributed by atoms with Crippen molar-refractivity contribution in [2.75, 3.05) is 13.7 Å². The summed E-state index contributed by atoms with van der Waals surface area (Å²) in [4.78, 5) is 10.7. The van der Waals surface area contributed by atoms with Crippen molar-refractivity contribution in [3.8, 4) is 0 Å². The molecule has 0 saturated heterocycles. The number of carbonyl (C=O) groups excluding carboxylic acids is 1. The molecule has 0 spiro atoms. The van der Waals surface area contributed by atoms with Crippen molar-refractivity contribution in [1.82, 2.24) is 0 Å². The van der Waals surface area contributed by atoms with Crippen molar-refractivity contribution in [1.29, 1.82) is 0 Å². The maximum Gasteiger partial charge on any atom is 0.403 e. The van der Waals surface area contributed by atoms with Crippen LogP contribution in [0.25, 0.3) is 0 Å². The van der Waals surface area contributed by atoms with Crippen LogP contribution in [0.2, 0.25) is 0 Å². The molecule has 0 aromatic carbocycles. The lowest BCUT2D eigenvalue weighted by molar-refractivity contribution is -0.149. The summed E-state index contributed by atoms with van der Waals surface area (Å²) in [7, 11) is -4.41. The largest absolute Gasteiger partial charge is 0.458 e. The Bertz CT molecular complexity index is 311. The summed E-state index contributed by atoms with van der Waals surface area (Å²) < 4.78 is 54.6. The number of alkyl halides is 2. The van der Waals surface area contributed by atoms with Crippen LogP contribution in [0, 0.1) is 0 Å². The second-order valence-corrected chi connectivity index (χ2v) is 4.51. The van der Waals surface area contributed by atoms with E-state index in [1.54, 1.807) is 6.92 Å². The summed E-state index contributed by atoms with van der Waals surface area (Å²) in [5, 5.41) is -4.22. The van der Waals surface area contributed by atoms with Gasteiger partial charge < -0.3 is 4.74 Å². The number of hydrogen-bond acceptors (Lipinski definition) is 5. The zero-order valence-electron chi connectivity index (χ0n) is 8.33. The van der Waals surface area contributed by atoms with E-state index in [0.717, 1.165) is 0 Å². The van der Waals surface area contributed by atoms with Gasteiger partial charge in [0.25, 0.3) is 0 Å². The first-order chi connectivity index (χ1) is 6.77. The summed E-state index contributed by atoms with van der Waals surface area (Å²) in [5.74, 6) is -0.872. The Kier molecular flexibility index (Phi) is 5.09. The highest BCUT2D eigenvalue weighted by Gasteiger charge is 2.47. The third kappa shape index (κ3) is 4.08. The van der Waals surface area contributed by atoms with Gasteiger partial charge >= 0.3 is 21.3 Å². The molecular weight excluding hydrogens is 234 g/mol. The van der Waals surface area contributed by atoms with Gasteiger partial charge in [-0.2, -0.15) is 17.2 Å². The van der Waals surface area contributed by atoms with E-state index in [9.17, 15) is 22.0 Å². The van der Waals surface area contributed by atoms with Crippen LogP contribution < -0.4 is 0 Å². The van der Waals surface area contributed by atoms with Crippen LogP contribution in [0.3, 0.4) is 0 Å². The van der Waals surface area contributed by atoms with Crippen LogP contribution in [-0.4, -0.2) is 33.4 Å². The molecule has 0 bridgehead atoms. The molecular formula is C7H12F2O5S. The van der Waals surface area contributed by atoms with E-state index in [1.807, 2.05) is 0 Å². The SMILES string of the molecule is CCCC(=O)OCC(F)(F)S(=O)(=O)OC. The van der Waals surface area contributed by atoms with Crippen molar-refractivity contribution < 1.29 is 30.9 Å². The minimum atomic E-state index is -5.02. The molecule has 0 unspecified atom stereocenters. The van der Waals surface area contributed by atoms with Crippen LogP contribution in [0.4, 0.5) is 8.78 Å². The molecule has 0 heterocycles. The molecule has 0 aromatic rings. The molecule has 0 rings (SSSR count). The lowest BCUT2D eigenvalue weighted by Crippen LogP contribution is -2.35. The van der Waals surface area contributed by atoms with Crippen LogP contribution >= 0.6 is 0 Å². The first kappa shape index (κ1) is 14.2. The average Bonchev–Trinajstić information content (AvgIpc) is 2.15. The van der Waals surface area contributed by atoms with Gasteiger partial charge in [-0.1, -0.05) is 6.92 Å². The smallest absolute Gasteiger partial charge is 0.403 e. The lowest BCUT2D eigenvalue weighted by Gasteiger charge is -2.14. The van der Waals surface area contributed by atoms with Crippen LogP contribution in [0.1, 0.15) is 19.8 Å². The van der Waals surface area contributed by atoms with Crippen LogP contribution in [0.5, 0.6) is 0 Å². The Labute approximate surface area is 86.5 Å². The highest BCUT2D eigenvalue weighted by molar-refractivity contribution is 7.87. The lowest BCUT2D eigenvalue weighted by atomic mass is 10.3. The molecule has 0 amide bonds. The predicted molar refractivity (Wildman–Crippen MR) is 46.7 cm³/mol.